The van der Waals surface area contributed by atoms with Crippen molar-refractivity contribution in [3.8, 4) is 0 Å². The summed E-state index contributed by atoms with van der Waals surface area (Å²) >= 11 is 0. The van der Waals surface area contributed by atoms with E-state index in [0.29, 0.717) is 13.2 Å². The number of hydrogen-bond acceptors (Lipinski definition) is 3. The number of allylic oxidation sites excluding steroid dienone is 2. The van der Waals surface area contributed by atoms with Gasteiger partial charge >= 0.3 is 0 Å². The van der Waals surface area contributed by atoms with E-state index in [1.54, 1.807) is 0 Å². The first-order valence-corrected chi connectivity index (χ1v) is 10.5. The van der Waals surface area contributed by atoms with E-state index in [1.807, 2.05) is 0 Å². The van der Waals surface area contributed by atoms with Gasteiger partial charge in [0.05, 0.1) is 19.8 Å². The Hall–Kier alpha value is -0.380. The Kier molecular flexibility index (Phi) is 22.3. The second kappa shape index (κ2) is 22.6. The fourth-order valence-electron chi connectivity index (χ4n) is 2.76. The minimum Gasteiger partial charge on any atom is -0.394 e. The molecule has 0 amide bonds. The van der Waals surface area contributed by atoms with Gasteiger partial charge in [0.2, 0.25) is 0 Å². The van der Waals surface area contributed by atoms with Gasteiger partial charge in [0.15, 0.2) is 0 Å². The van der Waals surface area contributed by atoms with Crippen LogP contribution in [0.3, 0.4) is 0 Å². The van der Waals surface area contributed by atoms with Crippen LogP contribution in [-0.2, 0) is 4.74 Å². The summed E-state index contributed by atoms with van der Waals surface area (Å²) in [6.07, 6.45) is 22.3. The molecule has 0 bridgehead atoms. The van der Waals surface area contributed by atoms with Crippen molar-refractivity contribution < 1.29 is 9.84 Å². The lowest BCUT2D eigenvalue weighted by atomic mass is 10.1. The molecule has 3 heteroatoms. The van der Waals surface area contributed by atoms with Crippen LogP contribution in [0.2, 0.25) is 0 Å². The number of aliphatic hydroxyl groups excluding tert-OH is 1. The third-order valence-electron chi connectivity index (χ3n) is 4.27. The Bertz CT molecular complexity index is 244. The van der Waals surface area contributed by atoms with E-state index < -0.39 is 0 Å². The zero-order valence-corrected chi connectivity index (χ0v) is 16.2. The van der Waals surface area contributed by atoms with E-state index in [4.69, 9.17) is 9.84 Å². The maximum atomic E-state index is 8.57. The van der Waals surface area contributed by atoms with Gasteiger partial charge < -0.3 is 15.2 Å². The first-order valence-electron chi connectivity index (χ1n) is 10.5. The molecule has 0 saturated carbocycles. The molecule has 0 aliphatic carbocycles. The highest BCUT2D eigenvalue weighted by Crippen LogP contribution is 2.09. The molecule has 0 aromatic rings. The van der Waals surface area contributed by atoms with Crippen LogP contribution in [0.15, 0.2) is 12.2 Å². The Labute approximate surface area is 151 Å². The molecule has 2 N–H and O–H groups in total. The average molecular weight is 342 g/mol. The molecule has 0 fully saturated rings. The van der Waals surface area contributed by atoms with Crippen LogP contribution in [0.5, 0.6) is 0 Å². The second-order valence-electron chi connectivity index (χ2n) is 6.67. The molecule has 3 nitrogen and oxygen atoms in total. The lowest BCUT2D eigenvalue weighted by Gasteiger charge is -2.05. The number of unbranched alkanes of at least 4 members (excludes halogenated alkanes) is 11. The van der Waals surface area contributed by atoms with Gasteiger partial charge in [0.25, 0.3) is 0 Å². The fraction of sp³-hybridized carbons (Fsp3) is 0.905. The SMILES string of the molecule is CCCCCC/C=C/CCCCCCCCCNCCOCCO. The minimum atomic E-state index is 0.120. The lowest BCUT2D eigenvalue weighted by Crippen LogP contribution is -2.21. The Morgan fingerprint density at radius 3 is 1.92 bits per heavy atom. The normalized spacial score (nSPS) is 11.6. The third-order valence-corrected chi connectivity index (χ3v) is 4.27. The molecular weight excluding hydrogens is 298 g/mol. The molecule has 0 atom stereocenters. The van der Waals surface area contributed by atoms with Crippen molar-refractivity contribution in [1.29, 1.82) is 0 Å². The van der Waals surface area contributed by atoms with E-state index in [1.165, 1.54) is 83.5 Å². The number of ether oxygens (including phenoxy) is 1. The zero-order chi connectivity index (χ0) is 17.6. The van der Waals surface area contributed by atoms with Gasteiger partial charge in [-0.2, -0.15) is 0 Å². The molecule has 0 unspecified atom stereocenters. The van der Waals surface area contributed by atoms with E-state index >= 15 is 0 Å². The van der Waals surface area contributed by atoms with Crippen molar-refractivity contribution >= 4 is 0 Å². The number of hydrogen-bond donors (Lipinski definition) is 2. The topological polar surface area (TPSA) is 41.5 Å². The molecule has 0 aromatic carbocycles. The lowest BCUT2D eigenvalue weighted by molar-refractivity contribution is 0.0939. The summed E-state index contributed by atoms with van der Waals surface area (Å²) in [5, 5.41) is 11.9. The molecule has 0 aliphatic heterocycles. The van der Waals surface area contributed by atoms with Crippen LogP contribution in [0, 0.1) is 0 Å². The summed E-state index contributed by atoms with van der Waals surface area (Å²) in [5.74, 6) is 0. The van der Waals surface area contributed by atoms with Crippen molar-refractivity contribution in [3.05, 3.63) is 12.2 Å². The van der Waals surface area contributed by atoms with Crippen molar-refractivity contribution in [2.75, 3.05) is 32.9 Å². The van der Waals surface area contributed by atoms with Crippen molar-refractivity contribution in [3.63, 3.8) is 0 Å². The molecule has 0 heterocycles. The predicted molar refractivity (Wildman–Crippen MR) is 106 cm³/mol. The molecule has 144 valence electrons. The molecule has 0 rings (SSSR count). The molecule has 0 aliphatic rings. The summed E-state index contributed by atoms with van der Waals surface area (Å²) in [6, 6.07) is 0. The summed E-state index contributed by atoms with van der Waals surface area (Å²) in [5.41, 5.74) is 0. The monoisotopic (exact) mass is 341 g/mol. The largest absolute Gasteiger partial charge is 0.394 e. The first-order chi connectivity index (χ1) is 11.9. The van der Waals surface area contributed by atoms with Crippen LogP contribution in [-0.4, -0.2) is 38.0 Å². The summed E-state index contributed by atoms with van der Waals surface area (Å²) in [6.45, 7) is 5.53. The van der Waals surface area contributed by atoms with Crippen LogP contribution >= 0.6 is 0 Å². The van der Waals surface area contributed by atoms with Gasteiger partial charge in [-0.1, -0.05) is 70.4 Å². The first kappa shape index (κ1) is 23.6. The third kappa shape index (κ3) is 21.6. The summed E-state index contributed by atoms with van der Waals surface area (Å²) in [4.78, 5) is 0. The van der Waals surface area contributed by atoms with Crippen molar-refractivity contribution in [1.82, 2.24) is 5.32 Å². The van der Waals surface area contributed by atoms with Gasteiger partial charge in [-0.05, 0) is 38.6 Å². The number of aliphatic hydroxyl groups is 1. The van der Waals surface area contributed by atoms with Crippen LogP contribution < -0.4 is 5.32 Å². The van der Waals surface area contributed by atoms with E-state index in [2.05, 4.69) is 24.4 Å². The van der Waals surface area contributed by atoms with E-state index in [9.17, 15) is 0 Å². The standard InChI is InChI=1S/C21H43NO2/c1-2-3-4-5-6-7-8-9-10-11-12-13-14-15-16-17-22-18-20-24-21-19-23/h7-8,22-23H,2-6,9-21H2,1H3/b8-7+. The van der Waals surface area contributed by atoms with E-state index in [0.717, 1.165) is 13.1 Å². The van der Waals surface area contributed by atoms with Gasteiger partial charge in [-0.15, -0.1) is 0 Å². The summed E-state index contributed by atoms with van der Waals surface area (Å²) in [7, 11) is 0. The Morgan fingerprint density at radius 1 is 0.708 bits per heavy atom. The highest BCUT2D eigenvalue weighted by molar-refractivity contribution is 4.81. The average Bonchev–Trinajstić information content (AvgIpc) is 2.60. The predicted octanol–water partition coefficient (Wildman–Crippen LogP) is 5.23. The molecule has 0 aromatic heterocycles. The van der Waals surface area contributed by atoms with Gasteiger partial charge in [-0.3, -0.25) is 0 Å². The van der Waals surface area contributed by atoms with Gasteiger partial charge in [0, 0.05) is 6.54 Å². The van der Waals surface area contributed by atoms with Crippen molar-refractivity contribution in [2.45, 2.75) is 90.4 Å². The molecular formula is C21H43NO2. The highest BCUT2D eigenvalue weighted by Gasteiger charge is 1.93. The number of nitrogens with one attached hydrogen (secondary N) is 1. The molecule has 0 saturated heterocycles. The molecule has 0 radical (unpaired) electrons. The summed E-state index contributed by atoms with van der Waals surface area (Å²) < 4.78 is 5.19. The fourth-order valence-corrected chi connectivity index (χ4v) is 2.76. The zero-order valence-electron chi connectivity index (χ0n) is 16.2. The quantitative estimate of drug-likeness (QED) is 0.235. The van der Waals surface area contributed by atoms with Crippen LogP contribution in [0.1, 0.15) is 90.4 Å². The second-order valence-corrected chi connectivity index (χ2v) is 6.67. The van der Waals surface area contributed by atoms with Crippen LogP contribution in [0.4, 0.5) is 0 Å². The maximum Gasteiger partial charge on any atom is 0.0698 e. The smallest absolute Gasteiger partial charge is 0.0698 e. The molecule has 24 heavy (non-hydrogen) atoms. The minimum absolute atomic E-state index is 0.120. The van der Waals surface area contributed by atoms with Crippen LogP contribution in [0.25, 0.3) is 0 Å². The Balaban J connectivity index is 3.01. The van der Waals surface area contributed by atoms with Gasteiger partial charge in [0.1, 0.15) is 0 Å². The maximum absolute atomic E-state index is 8.57. The molecule has 0 spiro atoms. The van der Waals surface area contributed by atoms with Crippen molar-refractivity contribution in [2.24, 2.45) is 0 Å². The van der Waals surface area contributed by atoms with E-state index in [-0.39, 0.29) is 6.61 Å². The highest BCUT2D eigenvalue weighted by atomic mass is 16.5. The number of rotatable bonds is 20. The Morgan fingerprint density at radius 2 is 1.29 bits per heavy atom. The van der Waals surface area contributed by atoms with Gasteiger partial charge in [-0.25, -0.2) is 0 Å².